The zero-order valence-corrected chi connectivity index (χ0v) is 28.6. The number of nitrogens with zero attached hydrogens (tertiary/aromatic N) is 3. The van der Waals surface area contributed by atoms with Gasteiger partial charge in [-0.25, -0.2) is 0 Å². The molecular formula is C36H46N4O7S. The van der Waals surface area contributed by atoms with Crippen molar-refractivity contribution in [2.75, 3.05) is 46.4 Å². The molecule has 3 unspecified atom stereocenters. The number of carbonyl (C=O) groups is 4. The van der Waals surface area contributed by atoms with Crippen molar-refractivity contribution in [3.8, 4) is 5.75 Å². The van der Waals surface area contributed by atoms with Gasteiger partial charge in [0.25, 0.3) is 0 Å². The number of aliphatic hydroxyl groups is 1. The second-order valence-corrected chi connectivity index (χ2v) is 13.4. The molecule has 2 aromatic rings. The number of methoxy groups -OCH3 is 1. The number of aliphatic hydroxyl groups excluding tert-OH is 1. The topological polar surface area (TPSA) is 129 Å². The summed E-state index contributed by atoms with van der Waals surface area (Å²) in [6.45, 7) is 2.54. The number of amides is 3. The molecule has 258 valence electrons. The zero-order chi connectivity index (χ0) is 34.0. The molecule has 0 radical (unpaired) electrons. The molecule has 0 spiro atoms. The van der Waals surface area contributed by atoms with Crippen LogP contribution >= 0.6 is 11.3 Å². The molecule has 1 fully saturated rings. The smallest absolute Gasteiger partial charge is 0.325 e. The quantitative estimate of drug-likeness (QED) is 0.260. The van der Waals surface area contributed by atoms with E-state index in [4.69, 9.17) is 9.47 Å². The fraction of sp³-hybridized carbons (Fsp3) is 0.500. The minimum Gasteiger partial charge on any atom is -0.497 e. The van der Waals surface area contributed by atoms with Crippen LogP contribution in [0.3, 0.4) is 0 Å². The van der Waals surface area contributed by atoms with Gasteiger partial charge in [-0.2, -0.15) is 0 Å². The second kappa shape index (κ2) is 16.8. The standard InChI is InChI=1S/C36H46N4O7S/c1-3-47-35(44)24-38(16-4-6-26-22-37-31-13-10-27(41)20-30(26)31)33(42)21-32-36(45)39(17-14-25-8-11-28(46-2)12-9-25)23-34(43)40(32)18-15-29-7-5-19-48-29/h5,7-9,11-12,19-20,22,27,31-32,37,41H,3-4,6,10,13-18,21,23-24H2,1-2H3. The van der Waals surface area contributed by atoms with E-state index in [2.05, 4.69) is 5.32 Å². The first kappa shape index (κ1) is 35.2. The molecule has 0 bridgehead atoms. The molecule has 3 heterocycles. The van der Waals surface area contributed by atoms with E-state index >= 15 is 0 Å². The van der Waals surface area contributed by atoms with Gasteiger partial charge in [-0.3, -0.25) is 19.2 Å². The average molecular weight is 679 g/mol. The first-order valence-electron chi connectivity index (χ1n) is 16.8. The van der Waals surface area contributed by atoms with Crippen LogP contribution in [0.2, 0.25) is 0 Å². The molecule has 1 aromatic carbocycles. The van der Waals surface area contributed by atoms with E-state index in [9.17, 15) is 24.3 Å². The Morgan fingerprint density at radius 3 is 2.62 bits per heavy atom. The fourth-order valence-corrected chi connectivity index (χ4v) is 7.27. The highest BCUT2D eigenvalue weighted by Crippen LogP contribution is 2.31. The minimum atomic E-state index is -0.976. The van der Waals surface area contributed by atoms with E-state index in [0.717, 1.165) is 40.2 Å². The number of esters is 1. The summed E-state index contributed by atoms with van der Waals surface area (Å²) in [4.78, 5) is 59.8. The number of nitrogens with one attached hydrogen (secondary N) is 1. The van der Waals surface area contributed by atoms with Crippen LogP contribution in [0.15, 0.2) is 65.2 Å². The van der Waals surface area contributed by atoms with E-state index in [1.807, 2.05) is 54.1 Å². The molecule has 0 saturated carbocycles. The lowest BCUT2D eigenvalue weighted by Gasteiger charge is -2.40. The highest BCUT2D eigenvalue weighted by Gasteiger charge is 2.41. The lowest BCUT2D eigenvalue weighted by Crippen LogP contribution is -2.61. The molecule has 1 aliphatic carbocycles. The van der Waals surface area contributed by atoms with Crippen LogP contribution in [0.4, 0.5) is 0 Å². The normalized spacial score (nSPS) is 20.5. The van der Waals surface area contributed by atoms with Gasteiger partial charge in [-0.05, 0) is 85.7 Å². The number of fused-ring (bicyclic) bond motifs is 1. The van der Waals surface area contributed by atoms with Gasteiger partial charge in [0.05, 0.1) is 38.8 Å². The summed E-state index contributed by atoms with van der Waals surface area (Å²) in [5.74, 6) is -0.631. The zero-order valence-electron chi connectivity index (χ0n) is 27.8. The van der Waals surface area contributed by atoms with Crippen molar-refractivity contribution in [2.45, 2.75) is 70.1 Å². The number of thiophene rings is 1. The largest absolute Gasteiger partial charge is 0.497 e. The number of benzene rings is 1. The molecule has 3 aliphatic rings. The lowest BCUT2D eigenvalue weighted by molar-refractivity contribution is -0.158. The Kier molecular flexibility index (Phi) is 12.3. The van der Waals surface area contributed by atoms with Gasteiger partial charge in [0.15, 0.2) is 0 Å². The van der Waals surface area contributed by atoms with Crippen molar-refractivity contribution in [2.24, 2.45) is 0 Å². The van der Waals surface area contributed by atoms with E-state index < -0.39 is 18.1 Å². The Hall–Kier alpha value is -4.16. The van der Waals surface area contributed by atoms with Crippen LogP contribution in [0, 0.1) is 0 Å². The monoisotopic (exact) mass is 678 g/mol. The maximum atomic E-state index is 14.0. The fourth-order valence-electron chi connectivity index (χ4n) is 6.57. The summed E-state index contributed by atoms with van der Waals surface area (Å²) in [7, 11) is 1.60. The molecule has 48 heavy (non-hydrogen) atoms. The van der Waals surface area contributed by atoms with Crippen molar-refractivity contribution >= 4 is 35.0 Å². The summed E-state index contributed by atoms with van der Waals surface area (Å²) in [5, 5.41) is 15.5. The van der Waals surface area contributed by atoms with Crippen molar-refractivity contribution in [3.63, 3.8) is 0 Å². The highest BCUT2D eigenvalue weighted by atomic mass is 32.1. The third-order valence-corrected chi connectivity index (χ3v) is 10.1. The van der Waals surface area contributed by atoms with E-state index in [0.29, 0.717) is 38.8 Å². The number of piperazine rings is 1. The lowest BCUT2D eigenvalue weighted by atomic mass is 9.89. The van der Waals surface area contributed by atoms with Crippen LogP contribution in [0.1, 0.15) is 49.5 Å². The third kappa shape index (κ3) is 9.04. The number of hydrogen-bond acceptors (Lipinski definition) is 9. The van der Waals surface area contributed by atoms with Crippen LogP contribution < -0.4 is 10.1 Å². The number of carbonyl (C=O) groups excluding carboxylic acids is 4. The van der Waals surface area contributed by atoms with Gasteiger partial charge in [0, 0.05) is 30.7 Å². The summed E-state index contributed by atoms with van der Waals surface area (Å²) in [6.07, 6.45) is 7.12. The Morgan fingerprint density at radius 2 is 1.90 bits per heavy atom. The maximum Gasteiger partial charge on any atom is 0.325 e. The van der Waals surface area contributed by atoms with Gasteiger partial charge in [0.2, 0.25) is 17.7 Å². The minimum absolute atomic E-state index is 0.0502. The molecule has 3 atom stereocenters. The molecule has 5 rings (SSSR count). The van der Waals surface area contributed by atoms with E-state index in [-0.39, 0.29) is 56.4 Å². The van der Waals surface area contributed by atoms with Gasteiger partial charge in [-0.15, -0.1) is 11.3 Å². The summed E-state index contributed by atoms with van der Waals surface area (Å²) in [5.41, 5.74) is 3.18. The average Bonchev–Trinajstić information content (AvgIpc) is 3.75. The SMILES string of the molecule is CCOC(=O)CN(CCCC1=CNC2CCC(O)C=C12)C(=O)CC1C(=O)N(CCc2ccc(OC)cc2)CC(=O)N1CCc1cccs1. The Labute approximate surface area is 286 Å². The molecule has 1 aromatic heterocycles. The first-order valence-corrected chi connectivity index (χ1v) is 17.7. The maximum absolute atomic E-state index is 14.0. The van der Waals surface area contributed by atoms with Crippen molar-refractivity contribution in [3.05, 3.63) is 75.6 Å². The van der Waals surface area contributed by atoms with Crippen LogP contribution in [-0.4, -0.2) is 108 Å². The molecule has 3 amide bonds. The van der Waals surface area contributed by atoms with Crippen molar-refractivity contribution in [1.82, 2.24) is 20.0 Å². The molecule has 2 aliphatic heterocycles. The number of rotatable bonds is 16. The predicted octanol–water partition coefficient (Wildman–Crippen LogP) is 3.08. The van der Waals surface area contributed by atoms with E-state index in [1.54, 1.807) is 35.2 Å². The van der Waals surface area contributed by atoms with Gasteiger partial charge < -0.3 is 34.6 Å². The third-order valence-electron chi connectivity index (χ3n) is 9.18. The van der Waals surface area contributed by atoms with Gasteiger partial charge >= 0.3 is 5.97 Å². The Bertz CT molecular complexity index is 1490. The summed E-state index contributed by atoms with van der Waals surface area (Å²) < 4.78 is 10.4. The number of hydrogen-bond donors (Lipinski definition) is 2. The van der Waals surface area contributed by atoms with Gasteiger partial charge in [-0.1, -0.05) is 24.3 Å². The van der Waals surface area contributed by atoms with Crippen LogP contribution in [-0.2, 0) is 36.8 Å². The van der Waals surface area contributed by atoms with Crippen molar-refractivity contribution < 1.29 is 33.8 Å². The molecular weight excluding hydrogens is 632 g/mol. The van der Waals surface area contributed by atoms with Crippen molar-refractivity contribution in [1.29, 1.82) is 0 Å². The Morgan fingerprint density at radius 1 is 1.08 bits per heavy atom. The Balaban J connectivity index is 1.28. The van der Waals surface area contributed by atoms with Crippen LogP contribution in [0.25, 0.3) is 0 Å². The summed E-state index contributed by atoms with van der Waals surface area (Å²) in [6, 6.07) is 10.7. The molecule has 2 N–H and O–H groups in total. The molecule has 11 nitrogen and oxygen atoms in total. The highest BCUT2D eigenvalue weighted by molar-refractivity contribution is 7.09. The van der Waals surface area contributed by atoms with Crippen LogP contribution in [0.5, 0.6) is 5.75 Å². The predicted molar refractivity (Wildman–Crippen MR) is 182 cm³/mol. The summed E-state index contributed by atoms with van der Waals surface area (Å²) >= 11 is 1.58. The van der Waals surface area contributed by atoms with Gasteiger partial charge in [0.1, 0.15) is 18.3 Å². The van der Waals surface area contributed by atoms with E-state index in [1.165, 1.54) is 4.90 Å². The molecule has 12 heteroatoms. The second-order valence-electron chi connectivity index (χ2n) is 12.4. The molecule has 1 saturated heterocycles. The first-order chi connectivity index (χ1) is 23.2. The number of ether oxygens (including phenoxy) is 2.